The Hall–Kier alpha value is -0.460. The summed E-state index contributed by atoms with van der Waals surface area (Å²) >= 11 is 0. The number of rotatable bonds is 6. The van der Waals surface area contributed by atoms with E-state index in [1.54, 1.807) is 0 Å². The van der Waals surface area contributed by atoms with E-state index in [0.29, 0.717) is 18.9 Å². The first kappa shape index (κ1) is 21.6. The molecule has 0 aromatic heterocycles. The standard InChI is InChI=1S/C10H16O4S.C8H19N/c1-9(2)7-3-4-10(9,8(11)5-7)6-15(12,13)14;1-7(2)5-4-6-8(3)9/h7H,3-6H2,1-2H3,(H,12,13,14);7-8H,4-6,9H2,1-3H3/t;8-/m.0/s1. The number of quaternary nitrogens is 1. The van der Waals surface area contributed by atoms with Crippen LogP contribution in [0.15, 0.2) is 0 Å². The Kier molecular flexibility index (Phi) is 7.04. The minimum Gasteiger partial charge on any atom is -0.748 e. The molecule has 0 heterocycles. The Labute approximate surface area is 147 Å². The van der Waals surface area contributed by atoms with Crippen LogP contribution in [0.5, 0.6) is 0 Å². The third kappa shape index (κ3) is 5.02. The molecule has 3 atom stereocenters. The summed E-state index contributed by atoms with van der Waals surface area (Å²) in [6, 6.07) is 0.642. The quantitative estimate of drug-likeness (QED) is 0.734. The molecule has 0 amide bonds. The summed E-state index contributed by atoms with van der Waals surface area (Å²) in [6.45, 7) is 10.6. The van der Waals surface area contributed by atoms with E-state index in [2.05, 4.69) is 26.5 Å². The van der Waals surface area contributed by atoms with Crippen LogP contribution < -0.4 is 5.73 Å². The van der Waals surface area contributed by atoms with E-state index in [0.717, 1.165) is 12.3 Å². The maximum atomic E-state index is 11.8. The summed E-state index contributed by atoms with van der Waals surface area (Å²) in [5.41, 5.74) is 2.71. The van der Waals surface area contributed by atoms with Gasteiger partial charge in [0.1, 0.15) is 5.78 Å². The van der Waals surface area contributed by atoms with Crippen molar-refractivity contribution in [2.24, 2.45) is 22.7 Å². The molecule has 2 rings (SSSR count). The Balaban J connectivity index is 0.000000277. The summed E-state index contributed by atoms with van der Waals surface area (Å²) in [6.07, 6.45) is 5.88. The molecule has 0 aromatic carbocycles. The lowest BCUT2D eigenvalue weighted by Crippen LogP contribution is -2.58. The van der Waals surface area contributed by atoms with Crippen LogP contribution in [0.1, 0.15) is 73.1 Å². The number of hydrogen-bond donors (Lipinski definition) is 1. The molecule has 2 saturated carbocycles. The Morgan fingerprint density at radius 1 is 1.25 bits per heavy atom. The van der Waals surface area contributed by atoms with Crippen LogP contribution in [-0.4, -0.2) is 30.5 Å². The number of Topliss-reactive ketones (excluding diaryl/α,β-unsaturated/α-hetero) is 1. The normalized spacial score (nSPS) is 29.5. The number of ketones is 1. The van der Waals surface area contributed by atoms with Gasteiger partial charge in [-0.3, -0.25) is 4.79 Å². The second kappa shape index (κ2) is 7.83. The van der Waals surface area contributed by atoms with Crippen molar-refractivity contribution >= 4 is 15.9 Å². The molecular weight excluding hydrogens is 326 g/mol. The summed E-state index contributed by atoms with van der Waals surface area (Å²) in [5, 5.41) is 0. The average Bonchev–Trinajstić information content (AvgIpc) is 2.70. The molecule has 5 nitrogen and oxygen atoms in total. The van der Waals surface area contributed by atoms with Crippen molar-refractivity contribution in [3.63, 3.8) is 0 Å². The predicted molar refractivity (Wildman–Crippen MR) is 94.2 cm³/mol. The van der Waals surface area contributed by atoms with Crippen LogP contribution in [0.25, 0.3) is 0 Å². The minimum atomic E-state index is -4.33. The highest BCUT2D eigenvalue weighted by atomic mass is 32.2. The number of carbonyl (C=O) groups is 1. The van der Waals surface area contributed by atoms with E-state index in [4.69, 9.17) is 0 Å². The molecule has 0 spiro atoms. The molecule has 2 aliphatic rings. The molecule has 0 aliphatic heterocycles. The Bertz CT molecular complexity index is 531. The van der Waals surface area contributed by atoms with Crippen molar-refractivity contribution in [1.82, 2.24) is 0 Å². The lowest BCUT2D eigenvalue weighted by molar-refractivity contribution is -0.415. The van der Waals surface area contributed by atoms with E-state index >= 15 is 0 Å². The zero-order valence-corrected chi connectivity index (χ0v) is 16.7. The van der Waals surface area contributed by atoms with Gasteiger partial charge in [0.05, 0.1) is 21.9 Å². The molecular formula is C18H35NO4S. The van der Waals surface area contributed by atoms with Crippen molar-refractivity contribution in [3.8, 4) is 0 Å². The van der Waals surface area contributed by atoms with Gasteiger partial charge in [0.2, 0.25) is 0 Å². The Morgan fingerprint density at radius 3 is 2.17 bits per heavy atom. The molecule has 24 heavy (non-hydrogen) atoms. The van der Waals surface area contributed by atoms with Gasteiger partial charge < -0.3 is 10.3 Å². The van der Waals surface area contributed by atoms with Gasteiger partial charge in [0.25, 0.3) is 0 Å². The Morgan fingerprint density at radius 2 is 1.83 bits per heavy atom. The van der Waals surface area contributed by atoms with Gasteiger partial charge in [0.15, 0.2) is 0 Å². The van der Waals surface area contributed by atoms with E-state index in [1.165, 1.54) is 19.3 Å². The summed E-state index contributed by atoms with van der Waals surface area (Å²) in [4.78, 5) is 11.8. The molecule has 2 fully saturated rings. The maximum absolute atomic E-state index is 11.8. The monoisotopic (exact) mass is 361 g/mol. The highest BCUT2D eigenvalue weighted by molar-refractivity contribution is 7.85. The zero-order chi connectivity index (χ0) is 18.8. The SMILES string of the molecule is CC(C)CCC[C@H](C)[NH3+].CC1(C)C2CCC1(CS(=O)(=O)[O-])C(=O)C2. The van der Waals surface area contributed by atoms with Gasteiger partial charge in [-0.05, 0) is 49.9 Å². The highest BCUT2D eigenvalue weighted by Gasteiger charge is 2.64. The largest absolute Gasteiger partial charge is 0.748 e. The third-order valence-corrected chi connectivity index (χ3v) is 6.89. The van der Waals surface area contributed by atoms with Crippen molar-refractivity contribution < 1.29 is 23.5 Å². The smallest absolute Gasteiger partial charge is 0.140 e. The summed E-state index contributed by atoms with van der Waals surface area (Å²) in [7, 11) is -4.33. The summed E-state index contributed by atoms with van der Waals surface area (Å²) < 4.78 is 32.7. The first-order valence-electron chi connectivity index (χ1n) is 9.12. The molecule has 0 aromatic rings. The lowest BCUT2D eigenvalue weighted by atomic mass is 9.70. The molecule has 0 saturated heterocycles. The number of carbonyl (C=O) groups excluding carboxylic acids is 1. The van der Waals surface area contributed by atoms with Crippen LogP contribution in [0, 0.1) is 22.7 Å². The van der Waals surface area contributed by atoms with Crippen molar-refractivity contribution in [2.75, 3.05) is 5.75 Å². The first-order chi connectivity index (χ1) is 10.8. The van der Waals surface area contributed by atoms with Crippen LogP contribution >= 0.6 is 0 Å². The van der Waals surface area contributed by atoms with E-state index in [9.17, 15) is 17.8 Å². The van der Waals surface area contributed by atoms with Crippen molar-refractivity contribution in [2.45, 2.75) is 79.2 Å². The zero-order valence-electron chi connectivity index (χ0n) is 15.9. The number of hydrogen-bond acceptors (Lipinski definition) is 4. The molecule has 0 radical (unpaired) electrons. The maximum Gasteiger partial charge on any atom is 0.140 e. The fraction of sp³-hybridized carbons (Fsp3) is 0.944. The van der Waals surface area contributed by atoms with Gasteiger partial charge in [-0.1, -0.05) is 34.1 Å². The topological polar surface area (TPSA) is 102 Å². The second-order valence-electron chi connectivity index (χ2n) is 8.80. The first-order valence-corrected chi connectivity index (χ1v) is 10.7. The highest BCUT2D eigenvalue weighted by Crippen LogP contribution is 2.64. The molecule has 2 aliphatic carbocycles. The van der Waals surface area contributed by atoms with Gasteiger partial charge in [-0.25, -0.2) is 8.42 Å². The van der Waals surface area contributed by atoms with Crippen molar-refractivity contribution in [3.05, 3.63) is 0 Å². The van der Waals surface area contributed by atoms with E-state index < -0.39 is 21.3 Å². The van der Waals surface area contributed by atoms with Gasteiger partial charge in [0, 0.05) is 11.8 Å². The fourth-order valence-corrected chi connectivity index (χ4v) is 5.57. The third-order valence-electron chi connectivity index (χ3n) is 6.04. The second-order valence-corrected chi connectivity index (χ2v) is 10.2. The van der Waals surface area contributed by atoms with E-state index in [-0.39, 0.29) is 17.1 Å². The van der Waals surface area contributed by atoms with Gasteiger partial charge in [-0.2, -0.15) is 0 Å². The van der Waals surface area contributed by atoms with Crippen LogP contribution in [0.3, 0.4) is 0 Å². The summed E-state index contributed by atoms with van der Waals surface area (Å²) in [5.74, 6) is 0.584. The van der Waals surface area contributed by atoms with Gasteiger partial charge in [-0.15, -0.1) is 0 Å². The van der Waals surface area contributed by atoms with Crippen LogP contribution in [0.4, 0.5) is 0 Å². The average molecular weight is 362 g/mol. The minimum absolute atomic E-state index is 0.0248. The van der Waals surface area contributed by atoms with Crippen LogP contribution in [0.2, 0.25) is 0 Å². The fourth-order valence-electron chi connectivity index (χ4n) is 4.28. The molecule has 2 unspecified atom stereocenters. The van der Waals surface area contributed by atoms with Gasteiger partial charge >= 0.3 is 0 Å². The molecule has 6 heteroatoms. The van der Waals surface area contributed by atoms with Crippen molar-refractivity contribution in [1.29, 1.82) is 0 Å². The molecule has 3 N–H and O–H groups in total. The lowest BCUT2D eigenvalue weighted by Gasteiger charge is -2.37. The number of fused-ring (bicyclic) bond motifs is 2. The molecule has 2 bridgehead atoms. The predicted octanol–water partition coefficient (Wildman–Crippen LogP) is 2.37. The van der Waals surface area contributed by atoms with E-state index in [1.807, 2.05) is 13.8 Å². The van der Waals surface area contributed by atoms with Crippen LogP contribution in [-0.2, 0) is 14.9 Å². The molecule has 142 valence electrons.